The quantitative estimate of drug-likeness (QED) is 0.581. The van der Waals surface area contributed by atoms with E-state index in [0.29, 0.717) is 0 Å². The van der Waals surface area contributed by atoms with Gasteiger partial charge in [0, 0.05) is 48.2 Å². The van der Waals surface area contributed by atoms with E-state index in [-0.39, 0.29) is 27.6 Å². The van der Waals surface area contributed by atoms with Gasteiger partial charge in [0.05, 0.1) is 16.8 Å². The number of alkyl halides is 3. The van der Waals surface area contributed by atoms with Gasteiger partial charge in [-0.05, 0) is 32.0 Å². The number of methoxy groups -OCH3 is 1. The number of halogens is 4. The summed E-state index contributed by atoms with van der Waals surface area (Å²) in [4.78, 5) is 17.3. The third-order valence-electron chi connectivity index (χ3n) is 6.60. The number of aromatic nitrogens is 1. The molecule has 1 N–H and O–H groups in total. The van der Waals surface area contributed by atoms with E-state index < -0.39 is 51.2 Å². The van der Waals surface area contributed by atoms with Gasteiger partial charge in [-0.1, -0.05) is 13.0 Å². The third kappa shape index (κ3) is 4.73. The molecule has 3 rings (SSSR count). The minimum absolute atomic E-state index is 0.0520. The number of anilines is 1. The molecule has 2 heterocycles. The number of amides is 1. The lowest BCUT2D eigenvalue weighted by Crippen LogP contribution is -2.47. The minimum Gasteiger partial charge on any atom is -0.496 e. The largest absolute Gasteiger partial charge is 0.496 e. The van der Waals surface area contributed by atoms with E-state index in [4.69, 9.17) is 9.47 Å². The molecule has 12 heteroatoms. The highest BCUT2D eigenvalue weighted by Gasteiger charge is 2.65. The van der Waals surface area contributed by atoms with Crippen LogP contribution in [0.25, 0.3) is 0 Å². The zero-order valence-corrected chi connectivity index (χ0v) is 20.9. The van der Waals surface area contributed by atoms with Crippen molar-refractivity contribution in [2.45, 2.75) is 49.6 Å². The minimum atomic E-state index is -4.79. The lowest BCUT2D eigenvalue weighted by atomic mass is 9.76. The molecule has 5 atom stereocenters. The van der Waals surface area contributed by atoms with Crippen LogP contribution in [-0.4, -0.2) is 53.4 Å². The highest BCUT2D eigenvalue weighted by molar-refractivity contribution is 7.92. The van der Waals surface area contributed by atoms with Crippen LogP contribution < -0.4 is 10.1 Å². The topological polar surface area (TPSA) is 89.9 Å². The summed E-state index contributed by atoms with van der Waals surface area (Å²) in [5.41, 5.74) is -2.16. The lowest BCUT2D eigenvalue weighted by molar-refractivity contribution is -0.272. The Balaban J connectivity index is 2.08. The van der Waals surface area contributed by atoms with Gasteiger partial charge in [-0.2, -0.15) is 13.2 Å². The van der Waals surface area contributed by atoms with Crippen LogP contribution in [-0.2, 0) is 19.3 Å². The van der Waals surface area contributed by atoms with E-state index in [1.165, 1.54) is 58.7 Å². The van der Waals surface area contributed by atoms with Gasteiger partial charge in [0.2, 0.25) is 0 Å². The van der Waals surface area contributed by atoms with Gasteiger partial charge in [0.15, 0.2) is 5.60 Å². The van der Waals surface area contributed by atoms with Crippen LogP contribution in [0.15, 0.2) is 39.9 Å². The molecule has 1 aromatic heterocycles. The Morgan fingerprint density at radius 3 is 2.54 bits per heavy atom. The summed E-state index contributed by atoms with van der Waals surface area (Å²) in [5.74, 6) is -3.73. The Morgan fingerprint density at radius 1 is 1.31 bits per heavy atom. The number of carbonyl (C=O) groups excluding carboxylic acids is 1. The molecule has 2 aromatic rings. The summed E-state index contributed by atoms with van der Waals surface area (Å²) in [6.07, 6.45) is -3.70. The van der Waals surface area contributed by atoms with E-state index in [9.17, 15) is 26.6 Å². The molecule has 192 valence electrons. The zero-order chi connectivity index (χ0) is 26.3. The lowest BCUT2D eigenvalue weighted by Gasteiger charge is -2.32. The van der Waals surface area contributed by atoms with Gasteiger partial charge in [-0.25, -0.2) is 17.9 Å². The molecule has 0 saturated carbocycles. The summed E-state index contributed by atoms with van der Waals surface area (Å²) in [6, 6.07) is 5.19. The standard InChI is InChI=1S/C23H27F4N3O4S/c1-12-16(24)8-7-15(19(12)33-5)18-13(2)22(3,23(25,26)27)34-20(18)21(31)30-14-9-10-29-17(11-14)35(6,32)28-4/h7-11,13,18,20H,1-6H3,(H,29,30,31)/t13-,18-,20+,22+,35-/m0/s1. The fourth-order valence-electron chi connectivity index (χ4n) is 4.25. The first kappa shape index (κ1) is 26.9. The van der Waals surface area contributed by atoms with Gasteiger partial charge >= 0.3 is 6.18 Å². The molecule has 35 heavy (non-hydrogen) atoms. The number of pyridine rings is 1. The maximum absolute atomic E-state index is 14.2. The van der Waals surface area contributed by atoms with Gasteiger partial charge in [-0.3, -0.25) is 4.79 Å². The van der Waals surface area contributed by atoms with Gasteiger partial charge in [0.1, 0.15) is 22.7 Å². The molecule has 1 amide bonds. The van der Waals surface area contributed by atoms with E-state index in [0.717, 1.165) is 13.0 Å². The molecule has 0 radical (unpaired) electrons. The van der Waals surface area contributed by atoms with Crippen LogP contribution >= 0.6 is 0 Å². The average Bonchev–Trinajstić information content (AvgIpc) is 3.07. The van der Waals surface area contributed by atoms with Crippen LogP contribution in [0.3, 0.4) is 0 Å². The number of rotatable bonds is 5. The van der Waals surface area contributed by atoms with E-state index in [2.05, 4.69) is 14.7 Å². The Bertz CT molecular complexity index is 1260. The van der Waals surface area contributed by atoms with E-state index >= 15 is 0 Å². The van der Waals surface area contributed by atoms with Crippen molar-refractivity contribution < 1.29 is 36.0 Å². The zero-order valence-electron chi connectivity index (χ0n) is 20.1. The van der Waals surface area contributed by atoms with Crippen molar-refractivity contribution in [1.29, 1.82) is 0 Å². The summed E-state index contributed by atoms with van der Waals surface area (Å²) in [7, 11) is -0.167. The monoisotopic (exact) mass is 517 g/mol. The first-order valence-corrected chi connectivity index (χ1v) is 12.5. The van der Waals surface area contributed by atoms with Crippen LogP contribution in [0.2, 0.25) is 0 Å². The molecule has 1 fully saturated rings. The third-order valence-corrected chi connectivity index (χ3v) is 8.30. The second-order valence-electron chi connectivity index (χ2n) is 8.61. The highest BCUT2D eigenvalue weighted by atomic mass is 32.2. The van der Waals surface area contributed by atoms with Gasteiger partial charge in [-0.15, -0.1) is 0 Å². The number of nitrogens with zero attached hydrogens (tertiary/aromatic N) is 2. The van der Waals surface area contributed by atoms with Crippen LogP contribution in [0.1, 0.15) is 30.9 Å². The smallest absolute Gasteiger partial charge is 0.417 e. The molecular formula is C23H27F4N3O4S. The first-order chi connectivity index (χ1) is 16.2. The number of ether oxygens (including phenoxy) is 2. The fraction of sp³-hybridized carbons (Fsp3) is 0.478. The first-order valence-electron chi connectivity index (χ1n) is 10.6. The Kier molecular flexibility index (Phi) is 7.20. The molecule has 1 aliphatic heterocycles. The van der Waals surface area contributed by atoms with Gasteiger partial charge < -0.3 is 14.8 Å². The molecule has 7 nitrogen and oxygen atoms in total. The number of benzene rings is 1. The predicted octanol–water partition coefficient (Wildman–Crippen LogP) is 4.70. The van der Waals surface area contributed by atoms with Crippen LogP contribution in [0.4, 0.5) is 23.2 Å². The van der Waals surface area contributed by atoms with Crippen molar-refractivity contribution in [1.82, 2.24) is 4.98 Å². The van der Waals surface area contributed by atoms with Crippen molar-refractivity contribution in [3.63, 3.8) is 0 Å². The Morgan fingerprint density at radius 2 is 1.97 bits per heavy atom. The number of carbonyl (C=O) groups is 1. The second kappa shape index (κ2) is 9.38. The predicted molar refractivity (Wildman–Crippen MR) is 122 cm³/mol. The Hall–Kier alpha value is -2.73. The maximum atomic E-state index is 14.2. The second-order valence-corrected chi connectivity index (χ2v) is 11.0. The fourth-order valence-corrected chi connectivity index (χ4v) is 5.04. The number of hydrogen-bond donors (Lipinski definition) is 1. The van der Waals surface area contributed by atoms with Crippen molar-refractivity contribution >= 4 is 21.3 Å². The van der Waals surface area contributed by atoms with Crippen molar-refractivity contribution in [2.75, 3.05) is 25.7 Å². The molecule has 1 saturated heterocycles. The molecule has 1 aliphatic rings. The number of hydrogen-bond acceptors (Lipinski definition) is 6. The van der Waals surface area contributed by atoms with Crippen molar-refractivity contribution in [3.8, 4) is 5.75 Å². The summed E-state index contributed by atoms with van der Waals surface area (Å²) in [6.45, 7) is 3.67. The molecule has 0 unspecified atom stereocenters. The summed E-state index contributed by atoms with van der Waals surface area (Å²) in [5, 5.41) is 2.64. The molecule has 0 bridgehead atoms. The maximum Gasteiger partial charge on any atom is 0.417 e. The molecular weight excluding hydrogens is 490 g/mol. The SMILES string of the molecule is CN=[S@@](C)(=O)c1cc(NC(=O)[C@@H]2O[C@@](C)(C(F)(F)F)[C@@H](C)[C@H]2c2ccc(F)c(C)c2OC)ccn1. The van der Waals surface area contributed by atoms with Crippen molar-refractivity contribution in [2.24, 2.45) is 10.3 Å². The number of nitrogens with one attached hydrogen (secondary N) is 1. The average molecular weight is 518 g/mol. The van der Waals surface area contributed by atoms with Crippen LogP contribution in [0.5, 0.6) is 5.75 Å². The van der Waals surface area contributed by atoms with E-state index in [1.54, 1.807) is 0 Å². The summed E-state index contributed by atoms with van der Waals surface area (Å²) >= 11 is 0. The molecule has 0 aliphatic carbocycles. The van der Waals surface area contributed by atoms with Crippen molar-refractivity contribution in [3.05, 3.63) is 47.4 Å². The normalized spacial score (nSPS) is 26.2. The highest BCUT2D eigenvalue weighted by Crippen LogP contribution is 2.55. The molecule has 1 aromatic carbocycles. The van der Waals surface area contributed by atoms with E-state index in [1.807, 2.05) is 0 Å². The summed E-state index contributed by atoms with van der Waals surface area (Å²) < 4.78 is 83.5. The Labute approximate surface area is 201 Å². The van der Waals surface area contributed by atoms with Gasteiger partial charge in [0.25, 0.3) is 5.91 Å². The molecule has 0 spiro atoms. The van der Waals surface area contributed by atoms with Crippen LogP contribution in [0, 0.1) is 18.7 Å².